The molecule has 0 unspecified atom stereocenters. The van der Waals surface area contributed by atoms with Crippen molar-refractivity contribution in [3.8, 4) is 5.75 Å². The van der Waals surface area contributed by atoms with Crippen LogP contribution in [0.4, 0.5) is 0 Å². The summed E-state index contributed by atoms with van der Waals surface area (Å²) in [5.41, 5.74) is 2.07. The lowest BCUT2D eigenvalue weighted by Crippen LogP contribution is -2.50. The molecule has 0 bridgehead atoms. The molecule has 98 valence electrons. The first kappa shape index (κ1) is 13.2. The monoisotopic (exact) mass is 268 g/mol. The number of carbonyl (C=O) groups is 1. The number of ether oxygens (including phenoxy) is 1. The molecule has 1 fully saturated rings. The van der Waals surface area contributed by atoms with Crippen LogP contribution in [0.2, 0.25) is 5.02 Å². The number of benzene rings is 1. The van der Waals surface area contributed by atoms with E-state index in [1.54, 1.807) is 7.11 Å². The summed E-state index contributed by atoms with van der Waals surface area (Å²) >= 11 is 6.07. The predicted octanol–water partition coefficient (Wildman–Crippen LogP) is 1.49. The average molecular weight is 269 g/mol. The third-order valence-electron chi connectivity index (χ3n) is 3.22. The number of hydrogen-bond donors (Lipinski definition) is 2. The highest BCUT2D eigenvalue weighted by Crippen LogP contribution is 2.27. The van der Waals surface area contributed by atoms with Crippen molar-refractivity contribution in [3.63, 3.8) is 0 Å². The molecule has 0 aliphatic carbocycles. The lowest BCUT2D eigenvalue weighted by Gasteiger charge is -2.26. The Balaban J connectivity index is 2.00. The molecule has 1 aliphatic heterocycles. The Bertz CT molecular complexity index is 459. The van der Waals surface area contributed by atoms with Crippen molar-refractivity contribution in [2.24, 2.45) is 5.92 Å². The first-order chi connectivity index (χ1) is 8.61. The first-order valence-corrected chi connectivity index (χ1v) is 6.31. The summed E-state index contributed by atoms with van der Waals surface area (Å²) in [6.45, 7) is 4.03. The van der Waals surface area contributed by atoms with Crippen molar-refractivity contribution in [2.75, 3.05) is 20.2 Å². The summed E-state index contributed by atoms with van der Waals surface area (Å²) in [7, 11) is 1.59. The van der Waals surface area contributed by atoms with Gasteiger partial charge in [-0.3, -0.25) is 4.79 Å². The molecule has 18 heavy (non-hydrogen) atoms. The van der Waals surface area contributed by atoms with Crippen LogP contribution in [-0.2, 0) is 11.3 Å². The highest BCUT2D eigenvalue weighted by molar-refractivity contribution is 6.32. The Morgan fingerprint density at radius 3 is 2.83 bits per heavy atom. The van der Waals surface area contributed by atoms with E-state index in [1.165, 1.54) is 0 Å². The smallest absolute Gasteiger partial charge is 0.225 e. The van der Waals surface area contributed by atoms with Crippen molar-refractivity contribution in [1.29, 1.82) is 0 Å². The van der Waals surface area contributed by atoms with Gasteiger partial charge in [0.05, 0.1) is 18.1 Å². The highest BCUT2D eigenvalue weighted by atomic mass is 35.5. The molecule has 2 rings (SSSR count). The van der Waals surface area contributed by atoms with Gasteiger partial charge < -0.3 is 15.4 Å². The predicted molar refractivity (Wildman–Crippen MR) is 70.9 cm³/mol. The van der Waals surface area contributed by atoms with E-state index in [4.69, 9.17) is 16.3 Å². The number of nitrogens with one attached hydrogen (secondary N) is 2. The zero-order valence-electron chi connectivity index (χ0n) is 10.5. The van der Waals surface area contributed by atoms with E-state index in [0.717, 1.165) is 24.2 Å². The van der Waals surface area contributed by atoms with Gasteiger partial charge in [0.15, 0.2) is 0 Å². The number of carbonyl (C=O) groups excluding carboxylic acids is 1. The summed E-state index contributed by atoms with van der Waals surface area (Å²) in [6, 6.07) is 3.73. The number of halogens is 1. The molecule has 0 radical (unpaired) electrons. The fourth-order valence-electron chi connectivity index (χ4n) is 1.84. The normalized spacial score (nSPS) is 15.1. The Hall–Kier alpha value is -1.26. The Kier molecular flexibility index (Phi) is 4.09. The van der Waals surface area contributed by atoms with Crippen LogP contribution in [0.5, 0.6) is 5.75 Å². The highest BCUT2D eigenvalue weighted by Gasteiger charge is 2.24. The van der Waals surface area contributed by atoms with E-state index in [9.17, 15) is 4.79 Å². The van der Waals surface area contributed by atoms with Gasteiger partial charge in [-0.15, -0.1) is 0 Å². The van der Waals surface area contributed by atoms with Crippen LogP contribution in [0.25, 0.3) is 0 Å². The topological polar surface area (TPSA) is 50.4 Å². The second kappa shape index (κ2) is 5.59. The number of aryl methyl sites for hydroxylation is 1. The second-order valence-electron chi connectivity index (χ2n) is 4.49. The minimum atomic E-state index is 0.0973. The fourth-order valence-corrected chi connectivity index (χ4v) is 2.11. The fraction of sp³-hybridized carbons (Fsp3) is 0.462. The van der Waals surface area contributed by atoms with Gasteiger partial charge in [0.1, 0.15) is 5.75 Å². The molecule has 0 aromatic heterocycles. The third-order valence-corrected chi connectivity index (χ3v) is 3.51. The molecular formula is C13H17ClN2O2. The first-order valence-electron chi connectivity index (χ1n) is 5.93. The minimum Gasteiger partial charge on any atom is -0.495 e. The maximum Gasteiger partial charge on any atom is 0.225 e. The lowest BCUT2D eigenvalue weighted by molar-refractivity contribution is -0.126. The van der Waals surface area contributed by atoms with Crippen LogP contribution in [0.3, 0.4) is 0 Å². The molecule has 1 aliphatic rings. The van der Waals surface area contributed by atoms with Crippen molar-refractivity contribution in [2.45, 2.75) is 13.5 Å². The second-order valence-corrected chi connectivity index (χ2v) is 4.89. The molecule has 1 heterocycles. The van der Waals surface area contributed by atoms with E-state index in [1.807, 2.05) is 19.1 Å². The lowest BCUT2D eigenvalue weighted by atomic mass is 10.0. The molecule has 2 N–H and O–H groups in total. The van der Waals surface area contributed by atoms with Gasteiger partial charge in [0.2, 0.25) is 5.91 Å². The molecule has 1 aromatic rings. The molecule has 0 atom stereocenters. The van der Waals surface area contributed by atoms with Gasteiger partial charge in [-0.05, 0) is 30.2 Å². The van der Waals surface area contributed by atoms with Crippen molar-refractivity contribution in [1.82, 2.24) is 10.6 Å². The van der Waals surface area contributed by atoms with Gasteiger partial charge in [-0.1, -0.05) is 11.6 Å². The standard InChI is InChI=1S/C13H17ClN2O2/c1-8-3-12(18-2)11(14)4-9(8)7-16-13(17)10-5-15-6-10/h3-4,10,15H,5-7H2,1-2H3,(H,16,17). The van der Waals surface area contributed by atoms with E-state index in [0.29, 0.717) is 17.3 Å². The molecule has 1 aromatic carbocycles. The van der Waals surface area contributed by atoms with Crippen LogP contribution in [-0.4, -0.2) is 26.1 Å². The van der Waals surface area contributed by atoms with Gasteiger partial charge in [0.25, 0.3) is 0 Å². The summed E-state index contributed by atoms with van der Waals surface area (Å²) in [4.78, 5) is 11.7. The van der Waals surface area contributed by atoms with E-state index in [-0.39, 0.29) is 11.8 Å². The quantitative estimate of drug-likeness (QED) is 0.870. The molecule has 0 spiro atoms. The Morgan fingerprint density at radius 1 is 1.56 bits per heavy atom. The molecule has 1 saturated heterocycles. The molecule has 0 saturated carbocycles. The van der Waals surface area contributed by atoms with Gasteiger partial charge in [-0.2, -0.15) is 0 Å². The SMILES string of the molecule is COc1cc(C)c(CNC(=O)C2CNC2)cc1Cl. The maximum atomic E-state index is 11.7. The zero-order valence-corrected chi connectivity index (χ0v) is 11.3. The van der Waals surface area contributed by atoms with Crippen LogP contribution in [0.15, 0.2) is 12.1 Å². The molecule has 5 heteroatoms. The summed E-state index contributed by atoms with van der Waals surface area (Å²) < 4.78 is 5.14. The van der Waals surface area contributed by atoms with Crippen molar-refractivity contribution >= 4 is 17.5 Å². The van der Waals surface area contributed by atoms with E-state index in [2.05, 4.69) is 10.6 Å². The largest absolute Gasteiger partial charge is 0.495 e. The number of methoxy groups -OCH3 is 1. The van der Waals surface area contributed by atoms with Crippen LogP contribution >= 0.6 is 11.6 Å². The maximum absolute atomic E-state index is 11.7. The number of rotatable bonds is 4. The zero-order chi connectivity index (χ0) is 13.1. The van der Waals surface area contributed by atoms with Gasteiger partial charge >= 0.3 is 0 Å². The Morgan fingerprint density at radius 2 is 2.28 bits per heavy atom. The van der Waals surface area contributed by atoms with Crippen LogP contribution in [0, 0.1) is 12.8 Å². The third kappa shape index (κ3) is 2.76. The van der Waals surface area contributed by atoms with Crippen LogP contribution < -0.4 is 15.4 Å². The van der Waals surface area contributed by atoms with E-state index < -0.39 is 0 Å². The summed E-state index contributed by atoms with van der Waals surface area (Å²) in [5, 5.41) is 6.57. The summed E-state index contributed by atoms with van der Waals surface area (Å²) in [6.07, 6.45) is 0. The van der Waals surface area contributed by atoms with Gasteiger partial charge in [0, 0.05) is 19.6 Å². The van der Waals surface area contributed by atoms with Crippen molar-refractivity contribution < 1.29 is 9.53 Å². The summed E-state index contributed by atoms with van der Waals surface area (Å²) in [5.74, 6) is 0.867. The van der Waals surface area contributed by atoms with E-state index >= 15 is 0 Å². The number of amides is 1. The van der Waals surface area contributed by atoms with Gasteiger partial charge in [-0.25, -0.2) is 0 Å². The molecular weight excluding hydrogens is 252 g/mol. The number of hydrogen-bond acceptors (Lipinski definition) is 3. The average Bonchev–Trinajstić information content (AvgIpc) is 2.27. The molecule has 4 nitrogen and oxygen atoms in total. The van der Waals surface area contributed by atoms with Crippen molar-refractivity contribution in [3.05, 3.63) is 28.3 Å². The van der Waals surface area contributed by atoms with Crippen LogP contribution in [0.1, 0.15) is 11.1 Å². The molecule has 1 amide bonds. The minimum absolute atomic E-state index is 0.0973. The Labute approximate surface area is 112 Å².